The summed E-state index contributed by atoms with van der Waals surface area (Å²) in [5.74, 6) is 0. The van der Waals surface area contributed by atoms with E-state index in [1.54, 1.807) is 0 Å². The van der Waals surface area contributed by atoms with E-state index < -0.39 is 5.60 Å². The summed E-state index contributed by atoms with van der Waals surface area (Å²) < 4.78 is 11.0. The molecular formula is C13H25NO3. The zero-order valence-corrected chi connectivity index (χ0v) is 11.5. The number of rotatable bonds is 2. The fourth-order valence-electron chi connectivity index (χ4n) is 1.88. The molecule has 0 spiro atoms. The van der Waals surface area contributed by atoms with Gasteiger partial charge in [-0.2, -0.15) is 0 Å². The highest BCUT2D eigenvalue weighted by Crippen LogP contribution is 2.23. The largest absolute Gasteiger partial charge is 0.444 e. The molecule has 4 nitrogen and oxygen atoms in total. The van der Waals surface area contributed by atoms with Crippen LogP contribution in [0.25, 0.3) is 0 Å². The van der Waals surface area contributed by atoms with E-state index in [1.807, 2.05) is 20.8 Å². The van der Waals surface area contributed by atoms with Crippen LogP contribution in [-0.4, -0.2) is 30.4 Å². The van der Waals surface area contributed by atoms with Crippen LogP contribution in [0.15, 0.2) is 0 Å². The van der Waals surface area contributed by atoms with Crippen LogP contribution in [-0.2, 0) is 9.47 Å². The van der Waals surface area contributed by atoms with Crippen molar-refractivity contribution in [2.24, 2.45) is 0 Å². The van der Waals surface area contributed by atoms with Gasteiger partial charge in [0.1, 0.15) is 5.60 Å². The Hall–Kier alpha value is -0.770. The molecule has 1 atom stereocenters. The Morgan fingerprint density at radius 1 is 1.35 bits per heavy atom. The average Bonchev–Trinajstić information content (AvgIpc) is 2.38. The van der Waals surface area contributed by atoms with E-state index in [9.17, 15) is 4.79 Å². The summed E-state index contributed by atoms with van der Waals surface area (Å²) in [6.07, 6.45) is 4.10. The maximum absolute atomic E-state index is 11.5. The first-order valence-electron chi connectivity index (χ1n) is 6.42. The van der Waals surface area contributed by atoms with Crippen LogP contribution >= 0.6 is 0 Å². The summed E-state index contributed by atoms with van der Waals surface area (Å²) in [5.41, 5.74) is -0.692. The van der Waals surface area contributed by atoms with Crippen LogP contribution in [0.1, 0.15) is 53.4 Å². The fraction of sp³-hybridized carbons (Fsp3) is 0.923. The molecule has 1 aliphatic heterocycles. The molecule has 1 N–H and O–H groups in total. The molecule has 1 saturated heterocycles. The number of hydrogen-bond donors (Lipinski definition) is 1. The molecule has 0 bridgehead atoms. The van der Waals surface area contributed by atoms with E-state index in [1.165, 1.54) is 6.42 Å². The molecule has 0 aromatic carbocycles. The van der Waals surface area contributed by atoms with E-state index in [0.29, 0.717) is 6.54 Å². The molecule has 1 fully saturated rings. The first kappa shape index (κ1) is 14.3. The van der Waals surface area contributed by atoms with Crippen LogP contribution in [0, 0.1) is 0 Å². The van der Waals surface area contributed by atoms with Crippen molar-refractivity contribution in [1.82, 2.24) is 5.32 Å². The fourth-order valence-corrected chi connectivity index (χ4v) is 1.88. The van der Waals surface area contributed by atoms with Gasteiger partial charge in [0.15, 0.2) is 0 Å². The van der Waals surface area contributed by atoms with Crippen molar-refractivity contribution < 1.29 is 14.3 Å². The lowest BCUT2D eigenvalue weighted by molar-refractivity contribution is -0.0290. The molecule has 4 heteroatoms. The molecule has 0 saturated carbocycles. The molecule has 0 aliphatic carbocycles. The molecule has 0 aromatic rings. The Labute approximate surface area is 104 Å². The quantitative estimate of drug-likeness (QED) is 0.811. The number of amides is 1. The van der Waals surface area contributed by atoms with Gasteiger partial charge in [-0.1, -0.05) is 12.8 Å². The number of nitrogens with one attached hydrogen (secondary N) is 1. The third-order valence-corrected chi connectivity index (χ3v) is 2.81. The van der Waals surface area contributed by atoms with Gasteiger partial charge in [0.2, 0.25) is 0 Å². The van der Waals surface area contributed by atoms with Gasteiger partial charge in [0.05, 0.1) is 5.60 Å². The van der Waals surface area contributed by atoms with E-state index >= 15 is 0 Å². The summed E-state index contributed by atoms with van der Waals surface area (Å²) in [5, 5.41) is 2.79. The minimum atomic E-state index is -0.449. The minimum absolute atomic E-state index is 0.243. The lowest BCUT2D eigenvalue weighted by Crippen LogP contribution is -2.44. The Balaban J connectivity index is 2.35. The molecule has 1 rings (SSSR count). The Morgan fingerprint density at radius 2 is 2.06 bits per heavy atom. The minimum Gasteiger partial charge on any atom is -0.444 e. The molecule has 1 aliphatic rings. The number of carbonyl (C=O) groups is 1. The van der Waals surface area contributed by atoms with Crippen molar-refractivity contribution in [3.05, 3.63) is 0 Å². The molecule has 1 heterocycles. The smallest absolute Gasteiger partial charge is 0.407 e. The van der Waals surface area contributed by atoms with Crippen molar-refractivity contribution in [1.29, 1.82) is 0 Å². The normalized spacial score (nSPS) is 26.1. The van der Waals surface area contributed by atoms with Crippen LogP contribution in [0.3, 0.4) is 0 Å². The van der Waals surface area contributed by atoms with Crippen molar-refractivity contribution in [3.8, 4) is 0 Å². The van der Waals surface area contributed by atoms with Crippen LogP contribution in [0.2, 0.25) is 0 Å². The summed E-state index contributed by atoms with van der Waals surface area (Å²) in [6, 6.07) is 0. The van der Waals surface area contributed by atoms with E-state index in [0.717, 1.165) is 25.9 Å². The third-order valence-electron chi connectivity index (χ3n) is 2.81. The number of hydrogen-bond acceptors (Lipinski definition) is 3. The average molecular weight is 243 g/mol. The molecular weight excluding hydrogens is 218 g/mol. The summed E-state index contributed by atoms with van der Waals surface area (Å²) in [4.78, 5) is 11.5. The third kappa shape index (κ3) is 5.91. The zero-order valence-electron chi connectivity index (χ0n) is 11.5. The standard InChI is InChI=1S/C13H25NO3/c1-12(2,3)17-11(15)14-10-13(4)8-6-5-7-9-16-13/h5-10H2,1-4H3,(H,14,15). The summed E-state index contributed by atoms with van der Waals surface area (Å²) in [6.45, 7) is 8.92. The van der Waals surface area contributed by atoms with Crippen molar-refractivity contribution in [2.75, 3.05) is 13.2 Å². The van der Waals surface area contributed by atoms with Gasteiger partial charge >= 0.3 is 6.09 Å². The monoisotopic (exact) mass is 243 g/mol. The van der Waals surface area contributed by atoms with E-state index in [-0.39, 0.29) is 11.7 Å². The molecule has 0 aromatic heterocycles. The van der Waals surface area contributed by atoms with Gasteiger partial charge in [-0.25, -0.2) is 4.79 Å². The molecule has 17 heavy (non-hydrogen) atoms. The first-order valence-corrected chi connectivity index (χ1v) is 6.42. The summed E-state index contributed by atoms with van der Waals surface area (Å²) >= 11 is 0. The Bertz CT molecular complexity index is 250. The second-order valence-corrected chi connectivity index (χ2v) is 5.96. The number of ether oxygens (including phenoxy) is 2. The van der Waals surface area contributed by atoms with Crippen LogP contribution < -0.4 is 5.32 Å². The highest BCUT2D eigenvalue weighted by molar-refractivity contribution is 5.67. The Morgan fingerprint density at radius 3 is 2.71 bits per heavy atom. The maximum atomic E-state index is 11.5. The second kappa shape index (κ2) is 5.71. The lowest BCUT2D eigenvalue weighted by Gasteiger charge is -2.29. The van der Waals surface area contributed by atoms with Gasteiger partial charge in [0.25, 0.3) is 0 Å². The van der Waals surface area contributed by atoms with Crippen molar-refractivity contribution >= 4 is 6.09 Å². The molecule has 1 amide bonds. The molecule has 0 radical (unpaired) electrons. The van der Waals surface area contributed by atoms with E-state index in [2.05, 4.69) is 12.2 Å². The zero-order chi connectivity index (χ0) is 12.9. The van der Waals surface area contributed by atoms with Crippen LogP contribution in [0.4, 0.5) is 4.79 Å². The topological polar surface area (TPSA) is 47.6 Å². The molecule has 1 unspecified atom stereocenters. The maximum Gasteiger partial charge on any atom is 0.407 e. The van der Waals surface area contributed by atoms with Crippen molar-refractivity contribution in [3.63, 3.8) is 0 Å². The van der Waals surface area contributed by atoms with Gasteiger partial charge in [0, 0.05) is 13.2 Å². The highest BCUT2D eigenvalue weighted by Gasteiger charge is 2.28. The van der Waals surface area contributed by atoms with Gasteiger partial charge in [-0.05, 0) is 40.5 Å². The SMILES string of the molecule is CC(C)(C)OC(=O)NCC1(C)CCCCCO1. The predicted molar refractivity (Wildman–Crippen MR) is 67.1 cm³/mol. The summed E-state index contributed by atoms with van der Waals surface area (Å²) in [7, 11) is 0. The van der Waals surface area contributed by atoms with Gasteiger partial charge in [-0.3, -0.25) is 0 Å². The lowest BCUT2D eigenvalue weighted by atomic mass is 9.99. The second-order valence-electron chi connectivity index (χ2n) is 5.96. The van der Waals surface area contributed by atoms with Gasteiger partial charge < -0.3 is 14.8 Å². The number of alkyl carbamates (subject to hydrolysis) is 1. The van der Waals surface area contributed by atoms with Crippen LogP contribution in [0.5, 0.6) is 0 Å². The number of carbonyl (C=O) groups excluding carboxylic acids is 1. The first-order chi connectivity index (χ1) is 7.81. The Kier molecular flexibility index (Phi) is 4.80. The predicted octanol–water partition coefficient (Wildman–Crippen LogP) is 2.86. The molecule has 100 valence electrons. The highest BCUT2D eigenvalue weighted by atomic mass is 16.6. The van der Waals surface area contributed by atoms with Gasteiger partial charge in [-0.15, -0.1) is 0 Å². The van der Waals surface area contributed by atoms with E-state index in [4.69, 9.17) is 9.47 Å². The van der Waals surface area contributed by atoms with Crippen molar-refractivity contribution in [2.45, 2.75) is 64.6 Å².